The summed E-state index contributed by atoms with van der Waals surface area (Å²) in [4.78, 5) is 16.8. The quantitative estimate of drug-likeness (QED) is 0.502. The number of thiazole rings is 1. The van der Waals surface area contributed by atoms with Gasteiger partial charge in [-0.25, -0.2) is 18.2 Å². The highest BCUT2D eigenvalue weighted by atomic mass is 32.1. The van der Waals surface area contributed by atoms with Crippen molar-refractivity contribution in [1.29, 1.82) is 0 Å². The number of likely N-dealkylation sites (N-methyl/N-ethyl adjacent to an activating group) is 1. The second kappa shape index (κ2) is 10.2. The minimum Gasteiger partial charge on any atom is -0.369 e. The van der Waals surface area contributed by atoms with Gasteiger partial charge < -0.3 is 15.8 Å². The Morgan fingerprint density at radius 1 is 1.38 bits per heavy atom. The molecule has 0 spiro atoms. The molecule has 1 aromatic carbocycles. The van der Waals surface area contributed by atoms with E-state index in [1.54, 1.807) is 14.0 Å². The minimum atomic E-state index is -1.29. The predicted molar refractivity (Wildman–Crippen MR) is 117 cm³/mol. The van der Waals surface area contributed by atoms with E-state index in [9.17, 15) is 18.0 Å². The van der Waals surface area contributed by atoms with Crippen molar-refractivity contribution in [1.82, 2.24) is 15.3 Å². The topological polar surface area (TPSA) is 92.8 Å². The standard InChI is InChI=1S/C21H24F3N5O2S/c1-11(19(29(3)26-2)17-8-7-15(25)14(24)9-31-17)27-20(30)16-10-32-21(28-16)18-12(22)5-4-6-13(18)23/h4-6,10,14-15,17H,2,7-9,25H2,1,3H3,(H,27,30)/b19-11+/t14-,15-,17+/m0/s1. The number of benzene rings is 1. The van der Waals surface area contributed by atoms with Crippen molar-refractivity contribution >= 4 is 24.0 Å². The van der Waals surface area contributed by atoms with E-state index in [1.165, 1.54) is 16.5 Å². The number of carbonyl (C=O) groups is 1. The van der Waals surface area contributed by atoms with Gasteiger partial charge in [-0.3, -0.25) is 9.80 Å². The summed E-state index contributed by atoms with van der Waals surface area (Å²) in [7, 11) is 1.63. The zero-order valence-corrected chi connectivity index (χ0v) is 18.5. The lowest BCUT2D eigenvalue weighted by molar-refractivity contribution is 0.0348. The van der Waals surface area contributed by atoms with E-state index in [-0.39, 0.29) is 22.9 Å². The molecule has 1 aromatic heterocycles. The minimum absolute atomic E-state index is 0.00630. The molecule has 0 radical (unpaired) electrons. The van der Waals surface area contributed by atoms with Crippen molar-refractivity contribution in [2.75, 3.05) is 13.7 Å². The zero-order chi connectivity index (χ0) is 23.4. The van der Waals surface area contributed by atoms with Gasteiger partial charge in [-0.2, -0.15) is 5.10 Å². The van der Waals surface area contributed by atoms with Crippen LogP contribution in [0.5, 0.6) is 0 Å². The number of hydrogen-bond donors (Lipinski definition) is 2. The first-order valence-corrected chi connectivity index (χ1v) is 10.7. The van der Waals surface area contributed by atoms with Crippen LogP contribution in [0.15, 0.2) is 40.1 Å². The molecule has 11 heteroatoms. The van der Waals surface area contributed by atoms with Gasteiger partial charge in [-0.1, -0.05) is 6.07 Å². The molecule has 172 valence electrons. The van der Waals surface area contributed by atoms with Gasteiger partial charge in [0.15, 0.2) is 0 Å². The molecule has 1 aliphatic rings. The molecule has 0 unspecified atom stereocenters. The summed E-state index contributed by atoms with van der Waals surface area (Å²) in [5.74, 6) is -2.11. The molecule has 1 aliphatic heterocycles. The largest absolute Gasteiger partial charge is 0.369 e. The van der Waals surface area contributed by atoms with Crippen LogP contribution in [0.4, 0.5) is 13.2 Å². The summed E-state index contributed by atoms with van der Waals surface area (Å²) in [5, 5.41) is 9.47. The molecule has 1 saturated heterocycles. The van der Waals surface area contributed by atoms with Crippen LogP contribution in [0.1, 0.15) is 30.3 Å². The van der Waals surface area contributed by atoms with Crippen molar-refractivity contribution in [2.24, 2.45) is 10.8 Å². The summed E-state index contributed by atoms with van der Waals surface area (Å²) < 4.78 is 47.7. The molecule has 32 heavy (non-hydrogen) atoms. The fourth-order valence-electron chi connectivity index (χ4n) is 3.42. The lowest BCUT2D eigenvalue weighted by atomic mass is 10.0. The molecular formula is C21H24F3N5O2S. The Labute approximate surface area is 187 Å². The van der Waals surface area contributed by atoms with E-state index in [2.05, 4.69) is 22.1 Å². The molecule has 3 atom stereocenters. The Balaban J connectivity index is 1.84. The maximum absolute atomic E-state index is 14.0. The number of aromatic nitrogens is 1. The fourth-order valence-corrected chi connectivity index (χ4v) is 4.26. The summed E-state index contributed by atoms with van der Waals surface area (Å²) in [6, 6.07) is 2.86. The van der Waals surface area contributed by atoms with Crippen LogP contribution in [0.25, 0.3) is 10.6 Å². The van der Waals surface area contributed by atoms with Gasteiger partial charge in [-0.15, -0.1) is 11.3 Å². The molecule has 3 rings (SSSR count). The van der Waals surface area contributed by atoms with E-state index in [0.717, 1.165) is 23.5 Å². The van der Waals surface area contributed by atoms with Crippen molar-refractivity contribution in [2.45, 2.75) is 38.1 Å². The van der Waals surface area contributed by atoms with E-state index in [4.69, 9.17) is 10.5 Å². The Morgan fingerprint density at radius 2 is 2.06 bits per heavy atom. The van der Waals surface area contributed by atoms with Gasteiger partial charge in [-0.05, 0) is 31.9 Å². The average Bonchev–Trinajstić information content (AvgIpc) is 3.18. The highest BCUT2D eigenvalue weighted by Gasteiger charge is 2.30. The number of allylic oxidation sites excluding steroid dienone is 1. The van der Waals surface area contributed by atoms with Crippen LogP contribution in [-0.2, 0) is 4.74 Å². The van der Waals surface area contributed by atoms with Gasteiger partial charge in [0.2, 0.25) is 0 Å². The predicted octanol–water partition coefficient (Wildman–Crippen LogP) is 3.44. The maximum atomic E-state index is 14.0. The second-order valence-electron chi connectivity index (χ2n) is 7.34. The van der Waals surface area contributed by atoms with Crippen LogP contribution in [-0.4, -0.2) is 54.6 Å². The monoisotopic (exact) mass is 467 g/mol. The number of hydrazone groups is 1. The van der Waals surface area contributed by atoms with Crippen LogP contribution in [0, 0.1) is 11.6 Å². The number of halogens is 3. The van der Waals surface area contributed by atoms with Crippen molar-refractivity contribution < 1.29 is 22.7 Å². The summed E-state index contributed by atoms with van der Waals surface area (Å²) in [6.07, 6.45) is -1.02. The molecule has 2 heterocycles. The number of hydrogen-bond acceptors (Lipinski definition) is 7. The van der Waals surface area contributed by atoms with Crippen molar-refractivity contribution in [3.05, 3.63) is 52.3 Å². The second-order valence-corrected chi connectivity index (χ2v) is 8.20. The molecule has 0 bridgehead atoms. The third kappa shape index (κ3) is 5.17. The van der Waals surface area contributed by atoms with Crippen LogP contribution < -0.4 is 11.1 Å². The maximum Gasteiger partial charge on any atom is 0.274 e. The van der Waals surface area contributed by atoms with E-state index < -0.39 is 35.9 Å². The van der Waals surface area contributed by atoms with Gasteiger partial charge in [0, 0.05) is 30.9 Å². The molecule has 1 fully saturated rings. The number of carbonyl (C=O) groups excluding carboxylic acids is 1. The molecular weight excluding hydrogens is 443 g/mol. The van der Waals surface area contributed by atoms with Gasteiger partial charge in [0.1, 0.15) is 34.6 Å². The average molecular weight is 468 g/mol. The van der Waals surface area contributed by atoms with Crippen molar-refractivity contribution in [3.63, 3.8) is 0 Å². The lowest BCUT2D eigenvalue weighted by Crippen LogP contribution is -2.33. The van der Waals surface area contributed by atoms with Crippen LogP contribution in [0.3, 0.4) is 0 Å². The highest BCUT2D eigenvalue weighted by Crippen LogP contribution is 2.29. The Morgan fingerprint density at radius 3 is 2.72 bits per heavy atom. The van der Waals surface area contributed by atoms with E-state index in [0.29, 0.717) is 24.2 Å². The van der Waals surface area contributed by atoms with Gasteiger partial charge in [0.25, 0.3) is 5.91 Å². The number of rotatable bonds is 6. The molecule has 2 aromatic rings. The van der Waals surface area contributed by atoms with E-state index in [1.807, 2.05) is 0 Å². The molecule has 0 saturated carbocycles. The third-order valence-electron chi connectivity index (χ3n) is 5.15. The molecule has 3 N–H and O–H groups in total. The Kier molecular flexibility index (Phi) is 7.64. The number of ether oxygens (including phenoxy) is 1. The first kappa shape index (κ1) is 23.9. The number of amides is 1. The van der Waals surface area contributed by atoms with Gasteiger partial charge >= 0.3 is 0 Å². The fraction of sp³-hybridized carbons (Fsp3) is 0.381. The van der Waals surface area contributed by atoms with Crippen LogP contribution >= 0.6 is 11.3 Å². The third-order valence-corrected chi connectivity index (χ3v) is 6.01. The first-order chi connectivity index (χ1) is 15.2. The number of alkyl halides is 1. The van der Waals surface area contributed by atoms with Gasteiger partial charge in [0.05, 0.1) is 17.9 Å². The lowest BCUT2D eigenvalue weighted by Gasteiger charge is -2.27. The Bertz CT molecular complexity index is 996. The summed E-state index contributed by atoms with van der Waals surface area (Å²) in [6.45, 7) is 4.96. The summed E-state index contributed by atoms with van der Waals surface area (Å²) in [5.41, 5.74) is 6.40. The summed E-state index contributed by atoms with van der Waals surface area (Å²) >= 11 is 0.950. The number of nitrogens with two attached hydrogens (primary N) is 1. The van der Waals surface area contributed by atoms with E-state index >= 15 is 0 Å². The number of nitrogens with zero attached hydrogens (tertiary/aromatic N) is 3. The number of nitrogens with one attached hydrogen (secondary N) is 1. The first-order valence-electron chi connectivity index (χ1n) is 9.86. The molecule has 1 amide bonds. The Hall–Kier alpha value is -2.76. The SMILES string of the molecule is C=NN(C)/C(=C(\C)NC(=O)c1csc(-c2c(F)cccc2F)n1)[C@H]1CC[C@H](N)[C@@H](F)CO1. The van der Waals surface area contributed by atoms with Crippen molar-refractivity contribution in [3.8, 4) is 10.6 Å². The molecule has 0 aliphatic carbocycles. The van der Waals surface area contributed by atoms with Crippen LogP contribution in [0.2, 0.25) is 0 Å². The smallest absolute Gasteiger partial charge is 0.274 e. The molecule has 7 nitrogen and oxygen atoms in total. The highest BCUT2D eigenvalue weighted by molar-refractivity contribution is 7.13. The normalized spacial score (nSPS) is 22.0. The zero-order valence-electron chi connectivity index (χ0n) is 17.6.